The largest absolute Gasteiger partial charge is 0.464 e. The zero-order chi connectivity index (χ0) is 11.8. The molecule has 2 heteroatoms. The van der Waals surface area contributed by atoms with E-state index >= 15 is 0 Å². The summed E-state index contributed by atoms with van der Waals surface area (Å²) in [5.74, 6) is 0. The zero-order valence-corrected chi connectivity index (χ0v) is 11.0. The Bertz CT molecular complexity index is 682. The van der Waals surface area contributed by atoms with Crippen LogP contribution in [0.5, 0.6) is 0 Å². The van der Waals surface area contributed by atoms with Crippen LogP contribution in [0.15, 0.2) is 57.6 Å². The van der Waals surface area contributed by atoms with Crippen LogP contribution in [0.3, 0.4) is 0 Å². The van der Waals surface area contributed by atoms with Crippen molar-refractivity contribution in [2.24, 2.45) is 0 Å². The fourth-order valence-electron chi connectivity index (χ4n) is 2.12. The van der Waals surface area contributed by atoms with E-state index in [0.717, 1.165) is 21.0 Å². The first-order chi connectivity index (χ1) is 8.27. The number of fused-ring (bicyclic) bond motifs is 1. The van der Waals surface area contributed by atoms with Gasteiger partial charge in [0, 0.05) is 15.4 Å². The Balaban J connectivity index is 2.36. The van der Waals surface area contributed by atoms with Gasteiger partial charge in [-0.25, -0.2) is 0 Å². The Morgan fingerprint density at radius 3 is 2.59 bits per heavy atom. The summed E-state index contributed by atoms with van der Waals surface area (Å²) in [7, 11) is 0. The molecule has 1 nitrogen and oxygen atoms in total. The Labute approximate surface area is 108 Å². The molecule has 1 heterocycles. The van der Waals surface area contributed by atoms with E-state index in [1.807, 2.05) is 24.5 Å². The molecular formula is C15H11BrO. The average Bonchev–Trinajstić information content (AvgIpc) is 2.75. The number of halogens is 1. The number of hydrogen-bond acceptors (Lipinski definition) is 1. The summed E-state index contributed by atoms with van der Waals surface area (Å²) in [5, 5.41) is 1.14. The molecule has 0 atom stereocenters. The van der Waals surface area contributed by atoms with Crippen LogP contribution in [-0.2, 0) is 0 Å². The molecule has 0 aliphatic carbocycles. The summed E-state index contributed by atoms with van der Waals surface area (Å²) in [6, 6.07) is 14.4. The number of aryl methyl sites for hydroxylation is 1. The quantitative estimate of drug-likeness (QED) is 0.601. The number of rotatable bonds is 1. The Morgan fingerprint density at radius 1 is 0.941 bits per heavy atom. The summed E-state index contributed by atoms with van der Waals surface area (Å²) >= 11 is 3.59. The standard InChI is InChI=1S/C15H11BrO/c1-10-5-2-3-6-11(10)12-9-17-14-8-4-7-13(16)15(12)14/h2-9H,1H3. The lowest BCUT2D eigenvalue weighted by atomic mass is 10.0. The summed E-state index contributed by atoms with van der Waals surface area (Å²) in [6.45, 7) is 2.12. The highest BCUT2D eigenvalue weighted by atomic mass is 79.9. The normalized spacial score (nSPS) is 10.9. The van der Waals surface area contributed by atoms with Gasteiger partial charge in [-0.05, 0) is 30.2 Å². The lowest BCUT2D eigenvalue weighted by Crippen LogP contribution is -1.81. The smallest absolute Gasteiger partial charge is 0.135 e. The van der Waals surface area contributed by atoms with E-state index < -0.39 is 0 Å². The molecule has 3 rings (SSSR count). The van der Waals surface area contributed by atoms with Crippen LogP contribution in [0.25, 0.3) is 22.1 Å². The average molecular weight is 287 g/mol. The van der Waals surface area contributed by atoms with Crippen molar-refractivity contribution in [3.05, 3.63) is 58.8 Å². The van der Waals surface area contributed by atoms with Crippen molar-refractivity contribution in [1.82, 2.24) is 0 Å². The van der Waals surface area contributed by atoms with Gasteiger partial charge in [-0.15, -0.1) is 0 Å². The molecule has 0 bridgehead atoms. The van der Waals surface area contributed by atoms with Gasteiger partial charge < -0.3 is 4.42 Å². The monoisotopic (exact) mass is 286 g/mol. The van der Waals surface area contributed by atoms with Crippen LogP contribution >= 0.6 is 15.9 Å². The topological polar surface area (TPSA) is 13.1 Å². The number of benzene rings is 2. The first kappa shape index (κ1) is 10.6. The van der Waals surface area contributed by atoms with E-state index in [0.29, 0.717) is 0 Å². The second-order valence-corrected chi connectivity index (χ2v) is 4.93. The molecule has 0 N–H and O–H groups in total. The third-order valence-electron chi connectivity index (χ3n) is 2.98. The summed E-state index contributed by atoms with van der Waals surface area (Å²) in [4.78, 5) is 0. The Hall–Kier alpha value is -1.54. The van der Waals surface area contributed by atoms with Crippen molar-refractivity contribution < 1.29 is 4.42 Å². The Kier molecular flexibility index (Phi) is 2.52. The highest BCUT2D eigenvalue weighted by molar-refractivity contribution is 9.10. The summed E-state index contributed by atoms with van der Waals surface area (Å²) < 4.78 is 6.68. The van der Waals surface area contributed by atoms with Crippen molar-refractivity contribution in [3.63, 3.8) is 0 Å². The minimum atomic E-state index is 0.914. The first-order valence-electron chi connectivity index (χ1n) is 5.49. The van der Waals surface area contributed by atoms with Crippen LogP contribution in [0.4, 0.5) is 0 Å². The third-order valence-corrected chi connectivity index (χ3v) is 3.64. The summed E-state index contributed by atoms with van der Waals surface area (Å²) in [5.41, 5.74) is 4.53. The van der Waals surface area contributed by atoms with Gasteiger partial charge in [-0.3, -0.25) is 0 Å². The van der Waals surface area contributed by atoms with Crippen molar-refractivity contribution >= 4 is 26.9 Å². The van der Waals surface area contributed by atoms with Gasteiger partial charge in [0.25, 0.3) is 0 Å². The van der Waals surface area contributed by atoms with Gasteiger partial charge in [-0.2, -0.15) is 0 Å². The van der Waals surface area contributed by atoms with Crippen molar-refractivity contribution in [3.8, 4) is 11.1 Å². The van der Waals surface area contributed by atoms with Crippen LogP contribution in [0, 0.1) is 6.92 Å². The van der Waals surface area contributed by atoms with E-state index in [2.05, 4.69) is 47.1 Å². The molecule has 0 unspecified atom stereocenters. The predicted molar refractivity (Wildman–Crippen MR) is 74.1 cm³/mol. The van der Waals surface area contributed by atoms with E-state index in [1.54, 1.807) is 0 Å². The van der Waals surface area contributed by atoms with Gasteiger partial charge >= 0.3 is 0 Å². The van der Waals surface area contributed by atoms with Crippen molar-refractivity contribution in [2.75, 3.05) is 0 Å². The minimum Gasteiger partial charge on any atom is -0.464 e. The minimum absolute atomic E-state index is 0.914. The molecule has 0 aliphatic rings. The first-order valence-corrected chi connectivity index (χ1v) is 6.28. The van der Waals surface area contributed by atoms with Gasteiger partial charge in [0.05, 0.1) is 6.26 Å². The highest BCUT2D eigenvalue weighted by Gasteiger charge is 2.11. The second-order valence-electron chi connectivity index (χ2n) is 4.08. The molecular weight excluding hydrogens is 276 g/mol. The molecule has 0 spiro atoms. The third kappa shape index (κ3) is 1.69. The molecule has 0 radical (unpaired) electrons. The predicted octanol–water partition coefficient (Wildman–Crippen LogP) is 5.17. The molecule has 3 aromatic rings. The van der Waals surface area contributed by atoms with E-state index in [-0.39, 0.29) is 0 Å². The lowest BCUT2D eigenvalue weighted by Gasteiger charge is -2.03. The maximum absolute atomic E-state index is 5.61. The maximum Gasteiger partial charge on any atom is 0.135 e. The number of furan rings is 1. The maximum atomic E-state index is 5.61. The Morgan fingerprint density at radius 2 is 1.76 bits per heavy atom. The SMILES string of the molecule is Cc1ccccc1-c1coc2cccc(Br)c12. The van der Waals surface area contributed by atoms with Crippen molar-refractivity contribution in [2.45, 2.75) is 6.92 Å². The molecule has 0 saturated heterocycles. The van der Waals surface area contributed by atoms with E-state index in [4.69, 9.17) is 4.42 Å². The summed E-state index contributed by atoms with van der Waals surface area (Å²) in [6.07, 6.45) is 1.83. The van der Waals surface area contributed by atoms with Crippen LogP contribution in [-0.4, -0.2) is 0 Å². The van der Waals surface area contributed by atoms with Crippen molar-refractivity contribution in [1.29, 1.82) is 0 Å². The second kappa shape index (κ2) is 4.04. The molecule has 0 saturated carbocycles. The highest BCUT2D eigenvalue weighted by Crippen LogP contribution is 2.36. The molecule has 84 valence electrons. The zero-order valence-electron chi connectivity index (χ0n) is 9.41. The van der Waals surface area contributed by atoms with Gasteiger partial charge in [0.1, 0.15) is 5.58 Å². The van der Waals surface area contributed by atoms with Crippen LogP contribution < -0.4 is 0 Å². The molecule has 0 amide bonds. The molecule has 0 fully saturated rings. The molecule has 17 heavy (non-hydrogen) atoms. The van der Waals surface area contributed by atoms with Crippen LogP contribution in [0.1, 0.15) is 5.56 Å². The van der Waals surface area contributed by atoms with Gasteiger partial charge in [0.15, 0.2) is 0 Å². The van der Waals surface area contributed by atoms with E-state index in [1.165, 1.54) is 11.1 Å². The number of hydrogen-bond donors (Lipinski definition) is 0. The lowest BCUT2D eigenvalue weighted by molar-refractivity contribution is 0.617. The fourth-order valence-corrected chi connectivity index (χ4v) is 2.68. The van der Waals surface area contributed by atoms with Gasteiger partial charge in [0.2, 0.25) is 0 Å². The van der Waals surface area contributed by atoms with E-state index in [9.17, 15) is 0 Å². The molecule has 1 aromatic heterocycles. The van der Waals surface area contributed by atoms with Gasteiger partial charge in [-0.1, -0.05) is 46.3 Å². The fraction of sp³-hybridized carbons (Fsp3) is 0.0667. The molecule has 0 aliphatic heterocycles. The van der Waals surface area contributed by atoms with Crippen LogP contribution in [0.2, 0.25) is 0 Å². The molecule has 2 aromatic carbocycles.